The van der Waals surface area contributed by atoms with Gasteiger partial charge in [-0.3, -0.25) is 0 Å². The van der Waals surface area contributed by atoms with Crippen molar-refractivity contribution in [3.63, 3.8) is 0 Å². The number of likely N-dealkylation sites (N-methyl/N-ethyl adjacent to an activating group) is 1. The van der Waals surface area contributed by atoms with Gasteiger partial charge < -0.3 is 19.4 Å². The Bertz CT molecular complexity index is 591. The summed E-state index contributed by atoms with van der Waals surface area (Å²) in [5, 5.41) is 3.59. The summed E-state index contributed by atoms with van der Waals surface area (Å²) in [6, 6.07) is 6.84. The van der Waals surface area contributed by atoms with Gasteiger partial charge in [-0.25, -0.2) is 4.98 Å². The molecule has 0 spiro atoms. The van der Waals surface area contributed by atoms with E-state index in [4.69, 9.17) is 9.72 Å². The number of pyridine rings is 1. The lowest BCUT2D eigenvalue weighted by Gasteiger charge is -2.18. The summed E-state index contributed by atoms with van der Waals surface area (Å²) in [6.07, 6.45) is 4.69. The highest BCUT2D eigenvalue weighted by Crippen LogP contribution is 2.24. The van der Waals surface area contributed by atoms with E-state index in [0.29, 0.717) is 6.04 Å². The number of rotatable bonds is 8. The van der Waals surface area contributed by atoms with Crippen LogP contribution in [0, 0.1) is 0 Å². The fourth-order valence-corrected chi connectivity index (χ4v) is 2.48. The standard InChI is InChI=1S/C16H24N4O/c1-3-21-11-10-19(2)16-14(12-17-13-7-8-13)20-9-5-4-6-15(20)18-16/h4-6,9,13,17H,3,7-8,10-12H2,1-2H3. The Labute approximate surface area is 125 Å². The highest BCUT2D eigenvalue weighted by molar-refractivity contribution is 5.55. The molecule has 3 rings (SSSR count). The molecule has 0 atom stereocenters. The zero-order chi connectivity index (χ0) is 14.7. The zero-order valence-corrected chi connectivity index (χ0v) is 12.9. The summed E-state index contributed by atoms with van der Waals surface area (Å²) < 4.78 is 7.64. The van der Waals surface area contributed by atoms with Crippen LogP contribution in [-0.4, -0.2) is 42.2 Å². The summed E-state index contributed by atoms with van der Waals surface area (Å²) in [7, 11) is 2.08. The third-order valence-electron chi connectivity index (χ3n) is 3.88. The Hall–Kier alpha value is -1.59. The number of hydrogen-bond acceptors (Lipinski definition) is 4. The van der Waals surface area contributed by atoms with Gasteiger partial charge in [-0.15, -0.1) is 0 Å². The fourth-order valence-electron chi connectivity index (χ4n) is 2.48. The van der Waals surface area contributed by atoms with Gasteiger partial charge in [0.05, 0.1) is 12.3 Å². The van der Waals surface area contributed by atoms with Crippen LogP contribution >= 0.6 is 0 Å². The fraction of sp³-hybridized carbons (Fsp3) is 0.562. The SMILES string of the molecule is CCOCCN(C)c1nc2ccccn2c1CNC1CC1. The van der Waals surface area contributed by atoms with Crippen molar-refractivity contribution in [1.29, 1.82) is 0 Å². The van der Waals surface area contributed by atoms with Crippen LogP contribution in [0.1, 0.15) is 25.5 Å². The summed E-state index contributed by atoms with van der Waals surface area (Å²) in [5.74, 6) is 1.05. The normalized spacial score (nSPS) is 14.8. The molecule has 2 aromatic rings. The number of ether oxygens (including phenoxy) is 1. The maximum Gasteiger partial charge on any atom is 0.152 e. The van der Waals surface area contributed by atoms with E-state index >= 15 is 0 Å². The number of fused-ring (bicyclic) bond motifs is 1. The molecule has 0 unspecified atom stereocenters. The number of anilines is 1. The zero-order valence-electron chi connectivity index (χ0n) is 12.9. The largest absolute Gasteiger partial charge is 0.380 e. The van der Waals surface area contributed by atoms with E-state index < -0.39 is 0 Å². The average molecular weight is 288 g/mol. The van der Waals surface area contributed by atoms with E-state index in [1.807, 2.05) is 13.0 Å². The molecule has 1 fully saturated rings. The Kier molecular flexibility index (Phi) is 4.41. The average Bonchev–Trinajstić information content (AvgIpc) is 3.25. The van der Waals surface area contributed by atoms with Crippen LogP contribution in [0.3, 0.4) is 0 Å². The highest BCUT2D eigenvalue weighted by atomic mass is 16.5. The maximum absolute atomic E-state index is 5.46. The van der Waals surface area contributed by atoms with Gasteiger partial charge in [-0.05, 0) is 31.9 Å². The van der Waals surface area contributed by atoms with E-state index in [1.54, 1.807) is 0 Å². The molecule has 0 amide bonds. The topological polar surface area (TPSA) is 41.8 Å². The molecule has 1 aliphatic rings. The second-order valence-corrected chi connectivity index (χ2v) is 5.58. The molecule has 0 aromatic carbocycles. The van der Waals surface area contributed by atoms with Crippen molar-refractivity contribution in [3.8, 4) is 0 Å². The molecule has 1 N–H and O–H groups in total. The van der Waals surface area contributed by atoms with Crippen molar-refractivity contribution >= 4 is 11.5 Å². The molecule has 0 bridgehead atoms. The lowest BCUT2D eigenvalue weighted by molar-refractivity contribution is 0.154. The molecular weight excluding hydrogens is 264 g/mol. The van der Waals surface area contributed by atoms with Gasteiger partial charge in [0.1, 0.15) is 5.65 Å². The van der Waals surface area contributed by atoms with Crippen LogP contribution in [0.15, 0.2) is 24.4 Å². The van der Waals surface area contributed by atoms with Crippen molar-refractivity contribution < 1.29 is 4.74 Å². The third-order valence-corrected chi connectivity index (χ3v) is 3.88. The van der Waals surface area contributed by atoms with Crippen molar-refractivity contribution in [2.24, 2.45) is 0 Å². The summed E-state index contributed by atoms with van der Waals surface area (Å²) in [5.41, 5.74) is 2.24. The first-order chi connectivity index (χ1) is 10.3. The molecule has 1 aliphatic carbocycles. The molecule has 1 saturated carbocycles. The van der Waals surface area contributed by atoms with Crippen molar-refractivity contribution in [1.82, 2.24) is 14.7 Å². The minimum Gasteiger partial charge on any atom is -0.380 e. The first-order valence-corrected chi connectivity index (χ1v) is 7.78. The molecule has 21 heavy (non-hydrogen) atoms. The van der Waals surface area contributed by atoms with Crippen LogP contribution < -0.4 is 10.2 Å². The van der Waals surface area contributed by atoms with Crippen LogP contribution in [0.4, 0.5) is 5.82 Å². The van der Waals surface area contributed by atoms with Crippen molar-refractivity contribution in [2.45, 2.75) is 32.4 Å². The van der Waals surface area contributed by atoms with Gasteiger partial charge in [0.15, 0.2) is 5.82 Å². The second kappa shape index (κ2) is 6.45. The molecule has 0 saturated heterocycles. The second-order valence-electron chi connectivity index (χ2n) is 5.58. The third kappa shape index (κ3) is 3.36. The summed E-state index contributed by atoms with van der Waals surface area (Å²) in [6.45, 7) is 5.24. The van der Waals surface area contributed by atoms with E-state index in [-0.39, 0.29) is 0 Å². The Morgan fingerprint density at radius 1 is 1.43 bits per heavy atom. The number of nitrogens with one attached hydrogen (secondary N) is 1. The summed E-state index contributed by atoms with van der Waals surface area (Å²) >= 11 is 0. The van der Waals surface area contributed by atoms with Crippen LogP contribution in [0.2, 0.25) is 0 Å². The van der Waals surface area contributed by atoms with E-state index in [0.717, 1.165) is 37.8 Å². The molecule has 2 aromatic heterocycles. The predicted molar refractivity (Wildman–Crippen MR) is 84.8 cm³/mol. The van der Waals surface area contributed by atoms with Crippen molar-refractivity contribution in [2.75, 3.05) is 31.7 Å². The number of nitrogens with zero attached hydrogens (tertiary/aromatic N) is 3. The van der Waals surface area contributed by atoms with Crippen LogP contribution in [0.25, 0.3) is 5.65 Å². The summed E-state index contributed by atoms with van der Waals surface area (Å²) in [4.78, 5) is 6.97. The van der Waals surface area contributed by atoms with Crippen LogP contribution in [-0.2, 0) is 11.3 Å². The minimum absolute atomic E-state index is 0.695. The van der Waals surface area contributed by atoms with Gasteiger partial charge in [0.25, 0.3) is 0 Å². The van der Waals surface area contributed by atoms with Gasteiger partial charge in [-0.1, -0.05) is 6.07 Å². The number of imidazole rings is 1. The molecular formula is C16H24N4O. The van der Waals surface area contributed by atoms with Gasteiger partial charge >= 0.3 is 0 Å². The van der Waals surface area contributed by atoms with Gasteiger partial charge in [0, 0.05) is 39.0 Å². The van der Waals surface area contributed by atoms with Gasteiger partial charge in [0.2, 0.25) is 0 Å². The van der Waals surface area contributed by atoms with E-state index in [2.05, 4.69) is 40.0 Å². The van der Waals surface area contributed by atoms with E-state index in [9.17, 15) is 0 Å². The molecule has 5 heteroatoms. The monoisotopic (exact) mass is 288 g/mol. The molecule has 114 valence electrons. The lowest BCUT2D eigenvalue weighted by Crippen LogP contribution is -2.26. The quantitative estimate of drug-likeness (QED) is 0.755. The first kappa shape index (κ1) is 14.4. The lowest BCUT2D eigenvalue weighted by atomic mass is 10.3. The van der Waals surface area contributed by atoms with E-state index in [1.165, 1.54) is 18.5 Å². The Morgan fingerprint density at radius 3 is 3.05 bits per heavy atom. The molecule has 2 heterocycles. The van der Waals surface area contributed by atoms with Gasteiger partial charge in [-0.2, -0.15) is 0 Å². The molecule has 0 aliphatic heterocycles. The van der Waals surface area contributed by atoms with Crippen molar-refractivity contribution in [3.05, 3.63) is 30.1 Å². The number of hydrogen-bond donors (Lipinski definition) is 1. The maximum atomic E-state index is 5.46. The molecule has 0 radical (unpaired) electrons. The minimum atomic E-state index is 0.695. The smallest absolute Gasteiger partial charge is 0.152 e. The number of aromatic nitrogens is 2. The Balaban J connectivity index is 1.82. The Morgan fingerprint density at radius 2 is 2.29 bits per heavy atom. The molecule has 5 nitrogen and oxygen atoms in total. The van der Waals surface area contributed by atoms with Crippen LogP contribution in [0.5, 0.6) is 0 Å². The predicted octanol–water partition coefficient (Wildman–Crippen LogP) is 2.06. The first-order valence-electron chi connectivity index (χ1n) is 7.78. The highest BCUT2D eigenvalue weighted by Gasteiger charge is 2.22.